The van der Waals surface area contributed by atoms with Gasteiger partial charge in [0.15, 0.2) is 0 Å². The molecule has 0 bridgehead atoms. The van der Waals surface area contributed by atoms with Crippen LogP contribution >= 0.6 is 0 Å². The zero-order chi connectivity index (χ0) is 14.6. The van der Waals surface area contributed by atoms with Gasteiger partial charge in [-0.1, -0.05) is 41.6 Å². The van der Waals surface area contributed by atoms with E-state index in [-0.39, 0.29) is 11.4 Å². The second-order valence-electron chi connectivity index (χ2n) is 5.86. The van der Waals surface area contributed by atoms with Gasteiger partial charge < -0.3 is 10.2 Å². The Bertz CT molecular complexity index is 527. The van der Waals surface area contributed by atoms with E-state index in [2.05, 4.69) is 10.5 Å². The Morgan fingerprint density at radius 2 is 2.00 bits per heavy atom. The van der Waals surface area contributed by atoms with Crippen LogP contribution in [0.1, 0.15) is 32.8 Å². The van der Waals surface area contributed by atoms with Gasteiger partial charge in [0, 0.05) is 12.0 Å². The third-order valence-electron chi connectivity index (χ3n) is 2.75. The minimum absolute atomic E-state index is 0.121. The molecular formula is C16H20N2O2. The van der Waals surface area contributed by atoms with Gasteiger partial charge in [-0.2, -0.15) is 0 Å². The van der Waals surface area contributed by atoms with Gasteiger partial charge in [-0.3, -0.25) is 4.79 Å². The number of carbonyl (C=O) groups is 1. The molecule has 1 amide bonds. The number of amides is 1. The lowest BCUT2D eigenvalue weighted by Gasteiger charge is -2.21. The number of hydrogen-bond acceptors (Lipinski definition) is 3. The lowest BCUT2D eigenvalue weighted by atomic mass is 10.1. The van der Waals surface area contributed by atoms with Crippen molar-refractivity contribution < 1.29 is 9.63 Å². The molecule has 0 saturated heterocycles. The predicted octanol–water partition coefficient (Wildman–Crippen LogP) is 2.76. The number of allylic oxidation sites excluding steroid dienone is 1. The van der Waals surface area contributed by atoms with Crippen LogP contribution in [0.4, 0.5) is 0 Å². The lowest BCUT2D eigenvalue weighted by Crippen LogP contribution is -2.45. The molecule has 0 aromatic heterocycles. The van der Waals surface area contributed by atoms with Crippen LogP contribution in [0, 0.1) is 0 Å². The van der Waals surface area contributed by atoms with Gasteiger partial charge in [0.25, 0.3) is 5.91 Å². The predicted molar refractivity (Wildman–Crippen MR) is 80.3 cm³/mol. The van der Waals surface area contributed by atoms with E-state index in [0.29, 0.717) is 6.42 Å². The molecule has 1 unspecified atom stereocenters. The summed E-state index contributed by atoms with van der Waals surface area (Å²) in [5, 5.41) is 6.85. The summed E-state index contributed by atoms with van der Waals surface area (Å²) in [6, 6.07) is 9.95. The molecule has 1 aliphatic heterocycles. The molecule has 0 fully saturated rings. The highest BCUT2D eigenvalue weighted by atomic mass is 16.6. The van der Waals surface area contributed by atoms with Crippen molar-refractivity contribution in [1.29, 1.82) is 0 Å². The van der Waals surface area contributed by atoms with Crippen molar-refractivity contribution >= 4 is 17.7 Å². The van der Waals surface area contributed by atoms with Crippen molar-refractivity contribution in [2.45, 2.75) is 38.8 Å². The summed E-state index contributed by atoms with van der Waals surface area (Å²) >= 11 is 0. The molecule has 4 heteroatoms. The summed E-state index contributed by atoms with van der Waals surface area (Å²) in [5.74, 6) is -0.121. The van der Waals surface area contributed by atoms with E-state index in [0.717, 1.165) is 11.3 Å². The summed E-state index contributed by atoms with van der Waals surface area (Å²) in [7, 11) is 0. The van der Waals surface area contributed by atoms with Gasteiger partial charge in [0.2, 0.25) is 6.10 Å². The molecule has 1 heterocycles. The SMILES string of the molecule is CC(C)(C)NC(=O)C1CC(C=Cc2ccccc2)=NO1. The van der Waals surface area contributed by atoms with Crippen molar-refractivity contribution in [2.24, 2.45) is 5.16 Å². The first-order valence-corrected chi connectivity index (χ1v) is 6.72. The molecule has 1 N–H and O–H groups in total. The van der Waals surface area contributed by atoms with Crippen molar-refractivity contribution in [1.82, 2.24) is 5.32 Å². The maximum absolute atomic E-state index is 11.9. The van der Waals surface area contributed by atoms with Crippen LogP contribution in [0.2, 0.25) is 0 Å². The van der Waals surface area contributed by atoms with E-state index in [1.165, 1.54) is 0 Å². The van der Waals surface area contributed by atoms with Crippen LogP contribution in [-0.4, -0.2) is 23.3 Å². The van der Waals surface area contributed by atoms with Crippen molar-refractivity contribution in [2.75, 3.05) is 0 Å². The molecule has 0 aliphatic carbocycles. The van der Waals surface area contributed by atoms with Crippen LogP contribution < -0.4 is 5.32 Å². The fourth-order valence-electron chi connectivity index (χ4n) is 1.84. The smallest absolute Gasteiger partial charge is 0.264 e. The molecule has 1 aromatic carbocycles. The first-order chi connectivity index (χ1) is 9.44. The summed E-state index contributed by atoms with van der Waals surface area (Å²) in [4.78, 5) is 17.1. The van der Waals surface area contributed by atoms with Crippen molar-refractivity contribution in [3.8, 4) is 0 Å². The lowest BCUT2D eigenvalue weighted by molar-refractivity contribution is -0.132. The average molecular weight is 272 g/mol. The Morgan fingerprint density at radius 3 is 2.65 bits per heavy atom. The number of carbonyl (C=O) groups excluding carboxylic acids is 1. The first-order valence-electron chi connectivity index (χ1n) is 6.72. The van der Waals surface area contributed by atoms with E-state index < -0.39 is 6.10 Å². The van der Waals surface area contributed by atoms with E-state index in [1.54, 1.807) is 0 Å². The molecule has 1 aromatic rings. The Balaban J connectivity index is 1.89. The number of oxime groups is 1. The number of rotatable bonds is 3. The number of nitrogens with zero attached hydrogens (tertiary/aromatic N) is 1. The third kappa shape index (κ3) is 4.23. The molecule has 1 atom stereocenters. The fraction of sp³-hybridized carbons (Fsp3) is 0.375. The number of hydrogen-bond donors (Lipinski definition) is 1. The summed E-state index contributed by atoms with van der Waals surface area (Å²) in [6.07, 6.45) is 3.83. The molecule has 4 nitrogen and oxygen atoms in total. The maximum Gasteiger partial charge on any atom is 0.264 e. The second-order valence-corrected chi connectivity index (χ2v) is 5.86. The monoisotopic (exact) mass is 272 g/mol. The normalized spacial score (nSPS) is 18.8. The topological polar surface area (TPSA) is 50.7 Å². The standard InChI is InChI=1S/C16H20N2O2/c1-16(2,3)17-15(19)14-11-13(18-20-14)10-9-12-7-5-4-6-8-12/h4-10,14H,11H2,1-3H3,(H,17,19). The Morgan fingerprint density at radius 1 is 1.30 bits per heavy atom. The molecule has 0 saturated carbocycles. The molecular weight excluding hydrogens is 252 g/mol. The molecule has 2 rings (SSSR count). The van der Waals surface area contributed by atoms with Gasteiger partial charge in [0.1, 0.15) is 0 Å². The third-order valence-corrected chi connectivity index (χ3v) is 2.75. The fourth-order valence-corrected chi connectivity index (χ4v) is 1.84. The molecule has 106 valence electrons. The highest BCUT2D eigenvalue weighted by Crippen LogP contribution is 2.14. The highest BCUT2D eigenvalue weighted by molar-refractivity contribution is 6.02. The molecule has 20 heavy (non-hydrogen) atoms. The molecule has 0 spiro atoms. The van der Waals surface area contributed by atoms with Crippen LogP contribution in [-0.2, 0) is 9.63 Å². The van der Waals surface area contributed by atoms with Crippen LogP contribution in [0.5, 0.6) is 0 Å². The average Bonchev–Trinajstić information content (AvgIpc) is 2.84. The van der Waals surface area contributed by atoms with Gasteiger partial charge in [-0.15, -0.1) is 0 Å². The van der Waals surface area contributed by atoms with Crippen molar-refractivity contribution in [3.05, 3.63) is 42.0 Å². The van der Waals surface area contributed by atoms with Crippen LogP contribution in [0.15, 0.2) is 41.6 Å². The van der Waals surface area contributed by atoms with Gasteiger partial charge in [-0.25, -0.2) is 0 Å². The summed E-state index contributed by atoms with van der Waals surface area (Å²) < 4.78 is 0. The van der Waals surface area contributed by atoms with Gasteiger partial charge in [-0.05, 0) is 32.4 Å². The Hall–Kier alpha value is -2.10. The molecule has 1 aliphatic rings. The highest BCUT2D eigenvalue weighted by Gasteiger charge is 2.29. The van der Waals surface area contributed by atoms with Gasteiger partial charge >= 0.3 is 0 Å². The van der Waals surface area contributed by atoms with Crippen LogP contribution in [0.3, 0.4) is 0 Å². The van der Waals surface area contributed by atoms with Gasteiger partial charge in [0.05, 0.1) is 5.71 Å². The first kappa shape index (κ1) is 14.3. The van der Waals surface area contributed by atoms with E-state index in [4.69, 9.17) is 4.84 Å². The van der Waals surface area contributed by atoms with Crippen LogP contribution in [0.25, 0.3) is 6.08 Å². The van der Waals surface area contributed by atoms with E-state index >= 15 is 0 Å². The Kier molecular flexibility index (Phi) is 4.23. The minimum atomic E-state index is -0.523. The maximum atomic E-state index is 11.9. The zero-order valence-corrected chi connectivity index (χ0v) is 12.1. The minimum Gasteiger partial charge on any atom is -0.382 e. The summed E-state index contributed by atoms with van der Waals surface area (Å²) in [5.41, 5.74) is 1.61. The molecule has 0 radical (unpaired) electrons. The largest absolute Gasteiger partial charge is 0.382 e. The quantitative estimate of drug-likeness (QED) is 0.919. The number of benzene rings is 1. The zero-order valence-electron chi connectivity index (χ0n) is 12.1. The van der Waals surface area contributed by atoms with E-state index in [1.807, 2.05) is 63.3 Å². The number of nitrogens with one attached hydrogen (secondary N) is 1. The second kappa shape index (κ2) is 5.90. The van der Waals surface area contributed by atoms with E-state index in [9.17, 15) is 4.79 Å². The Labute approximate surface area is 119 Å². The van der Waals surface area contributed by atoms with Crippen molar-refractivity contribution in [3.63, 3.8) is 0 Å². The summed E-state index contributed by atoms with van der Waals surface area (Å²) in [6.45, 7) is 5.82.